The summed E-state index contributed by atoms with van der Waals surface area (Å²) in [4.78, 5) is 12.3. The molecule has 2 aromatic carbocycles. The van der Waals surface area contributed by atoms with Crippen molar-refractivity contribution in [2.45, 2.75) is 32.6 Å². The smallest absolute Gasteiger partial charge is 0.407 e. The summed E-state index contributed by atoms with van der Waals surface area (Å²) in [5.74, 6) is 0.669. The number of halogens is 1. The Morgan fingerprint density at radius 2 is 1.89 bits per heavy atom. The van der Waals surface area contributed by atoms with E-state index < -0.39 is 6.09 Å². The summed E-state index contributed by atoms with van der Waals surface area (Å²) in [5.41, 5.74) is 2.90. The molecule has 3 rings (SSSR count). The Labute approximate surface area is 170 Å². The van der Waals surface area contributed by atoms with E-state index in [9.17, 15) is 4.79 Å². The quantitative estimate of drug-likeness (QED) is 0.583. The highest BCUT2D eigenvalue weighted by molar-refractivity contribution is 6.30. The van der Waals surface area contributed by atoms with Crippen molar-refractivity contribution in [1.82, 2.24) is 15.1 Å². The Hall–Kier alpha value is -2.79. The first-order valence-corrected chi connectivity index (χ1v) is 9.79. The van der Waals surface area contributed by atoms with Crippen LogP contribution in [-0.2, 0) is 6.42 Å². The van der Waals surface area contributed by atoms with E-state index in [1.807, 2.05) is 54.6 Å². The monoisotopic (exact) mass is 397 g/mol. The van der Waals surface area contributed by atoms with Crippen LogP contribution in [0, 0.1) is 0 Å². The van der Waals surface area contributed by atoms with Gasteiger partial charge in [0.1, 0.15) is 0 Å². The number of benzene rings is 2. The largest absolute Gasteiger partial charge is 0.412 e. The van der Waals surface area contributed by atoms with Crippen molar-refractivity contribution in [2.24, 2.45) is 0 Å². The third-order valence-corrected chi connectivity index (χ3v) is 4.76. The maximum absolute atomic E-state index is 12.3. The van der Waals surface area contributed by atoms with Crippen molar-refractivity contribution in [2.75, 3.05) is 6.54 Å². The molecule has 3 aromatic rings. The molecule has 0 spiro atoms. The number of nitrogens with zero attached hydrogens (tertiary/aromatic N) is 2. The summed E-state index contributed by atoms with van der Waals surface area (Å²) in [7, 11) is 0. The van der Waals surface area contributed by atoms with Crippen LogP contribution < -0.4 is 10.1 Å². The van der Waals surface area contributed by atoms with E-state index in [2.05, 4.69) is 24.3 Å². The lowest BCUT2D eigenvalue weighted by atomic mass is 10.0. The second-order valence-corrected chi connectivity index (χ2v) is 7.11. The fourth-order valence-corrected chi connectivity index (χ4v) is 3.11. The van der Waals surface area contributed by atoms with Gasteiger partial charge in [-0.2, -0.15) is 5.10 Å². The zero-order valence-electron chi connectivity index (χ0n) is 16.1. The van der Waals surface area contributed by atoms with Crippen LogP contribution >= 0.6 is 11.6 Å². The zero-order chi connectivity index (χ0) is 19.9. The number of carbonyl (C=O) groups excluding carboxylic acids is 1. The molecule has 0 aliphatic rings. The van der Waals surface area contributed by atoms with Crippen molar-refractivity contribution in [1.29, 1.82) is 0 Å². The van der Waals surface area contributed by atoms with Crippen molar-refractivity contribution in [3.8, 4) is 11.4 Å². The van der Waals surface area contributed by atoms with Gasteiger partial charge in [0.25, 0.3) is 0 Å². The van der Waals surface area contributed by atoms with Gasteiger partial charge >= 0.3 is 6.09 Å². The number of hydrogen-bond acceptors (Lipinski definition) is 3. The van der Waals surface area contributed by atoms with E-state index in [1.54, 1.807) is 10.9 Å². The van der Waals surface area contributed by atoms with E-state index in [0.29, 0.717) is 17.3 Å². The van der Waals surface area contributed by atoms with Gasteiger partial charge in [0.15, 0.2) is 5.75 Å². The molecule has 0 saturated heterocycles. The fourth-order valence-electron chi connectivity index (χ4n) is 2.99. The molecule has 0 bridgehead atoms. The summed E-state index contributed by atoms with van der Waals surface area (Å²) in [6.07, 6.45) is 2.75. The Bertz CT molecular complexity index is 907. The van der Waals surface area contributed by atoms with Crippen LogP contribution in [0.25, 0.3) is 5.69 Å². The highest BCUT2D eigenvalue weighted by Gasteiger charge is 2.16. The molecule has 28 heavy (non-hydrogen) atoms. The molecular formula is C22H24ClN3O2. The average Bonchev–Trinajstić information content (AvgIpc) is 3.10. The Balaban J connectivity index is 1.67. The van der Waals surface area contributed by atoms with E-state index >= 15 is 0 Å². The molecule has 0 fully saturated rings. The lowest BCUT2D eigenvalue weighted by Gasteiger charge is -2.13. The normalized spacial score (nSPS) is 11.8. The standard InChI is InChI=1S/C22H24ClN3O2/c1-3-7-20-21(15-25-26(20)19-12-10-18(23)11-13-19)28-22(27)24-14-16(2)17-8-5-4-6-9-17/h4-6,8-13,15-16H,3,7,14H2,1-2H3,(H,24,27). The molecule has 146 valence electrons. The predicted molar refractivity (Wildman–Crippen MR) is 111 cm³/mol. The Morgan fingerprint density at radius 3 is 2.57 bits per heavy atom. The maximum Gasteiger partial charge on any atom is 0.412 e. The van der Waals surface area contributed by atoms with Crippen molar-refractivity contribution in [3.63, 3.8) is 0 Å². The van der Waals surface area contributed by atoms with Gasteiger partial charge in [-0.3, -0.25) is 0 Å². The van der Waals surface area contributed by atoms with Crippen LogP contribution in [0.1, 0.15) is 37.4 Å². The molecule has 1 aromatic heterocycles. The molecule has 1 heterocycles. The Kier molecular flexibility index (Phi) is 6.71. The average molecular weight is 398 g/mol. The minimum atomic E-state index is -0.476. The topological polar surface area (TPSA) is 56.1 Å². The molecule has 1 N–H and O–H groups in total. The summed E-state index contributed by atoms with van der Waals surface area (Å²) in [5, 5.41) is 7.90. The molecule has 6 heteroatoms. The van der Waals surface area contributed by atoms with Crippen LogP contribution in [0.5, 0.6) is 5.75 Å². The van der Waals surface area contributed by atoms with E-state index in [-0.39, 0.29) is 5.92 Å². The van der Waals surface area contributed by atoms with E-state index in [0.717, 1.165) is 24.2 Å². The van der Waals surface area contributed by atoms with Crippen LogP contribution in [0.15, 0.2) is 60.8 Å². The number of hydrogen-bond donors (Lipinski definition) is 1. The van der Waals surface area contributed by atoms with E-state index in [1.165, 1.54) is 5.56 Å². The maximum atomic E-state index is 12.3. The van der Waals surface area contributed by atoms with E-state index in [4.69, 9.17) is 16.3 Å². The Morgan fingerprint density at radius 1 is 1.18 bits per heavy atom. The predicted octanol–water partition coefficient (Wildman–Crippen LogP) is 5.37. The first-order chi connectivity index (χ1) is 13.6. The van der Waals surface area contributed by atoms with Crippen molar-refractivity contribution < 1.29 is 9.53 Å². The van der Waals surface area contributed by atoms with Gasteiger partial charge in [-0.25, -0.2) is 9.48 Å². The van der Waals surface area contributed by atoms with Crippen LogP contribution in [0.2, 0.25) is 5.02 Å². The van der Waals surface area contributed by atoms with Gasteiger partial charge in [-0.05, 0) is 42.2 Å². The summed E-state index contributed by atoms with van der Waals surface area (Å²) >= 11 is 5.97. The van der Waals surface area contributed by atoms with Gasteiger partial charge in [0, 0.05) is 11.6 Å². The first kappa shape index (κ1) is 20.0. The van der Waals surface area contributed by atoms with Gasteiger partial charge in [0.2, 0.25) is 0 Å². The molecular weight excluding hydrogens is 374 g/mol. The fraction of sp³-hybridized carbons (Fsp3) is 0.273. The SMILES string of the molecule is CCCc1c(OC(=O)NCC(C)c2ccccc2)cnn1-c1ccc(Cl)cc1. The van der Waals surface area contributed by atoms with Gasteiger partial charge in [0.05, 0.1) is 17.6 Å². The van der Waals surface area contributed by atoms with Crippen molar-refractivity contribution >= 4 is 17.7 Å². The summed E-state index contributed by atoms with van der Waals surface area (Å²) in [6.45, 7) is 4.64. The highest BCUT2D eigenvalue weighted by atomic mass is 35.5. The minimum Gasteiger partial charge on any atom is -0.407 e. The number of amides is 1. The second-order valence-electron chi connectivity index (χ2n) is 6.68. The summed E-state index contributed by atoms with van der Waals surface area (Å²) < 4.78 is 7.34. The third-order valence-electron chi connectivity index (χ3n) is 4.51. The van der Waals surface area contributed by atoms with Crippen LogP contribution in [-0.4, -0.2) is 22.4 Å². The zero-order valence-corrected chi connectivity index (χ0v) is 16.8. The number of nitrogens with one attached hydrogen (secondary N) is 1. The lowest BCUT2D eigenvalue weighted by molar-refractivity contribution is 0.199. The van der Waals surface area contributed by atoms with Crippen LogP contribution in [0.4, 0.5) is 4.79 Å². The molecule has 1 unspecified atom stereocenters. The lowest BCUT2D eigenvalue weighted by Crippen LogP contribution is -2.30. The molecule has 0 saturated carbocycles. The third kappa shape index (κ3) is 4.93. The van der Waals surface area contributed by atoms with Gasteiger partial charge < -0.3 is 10.1 Å². The molecule has 0 radical (unpaired) electrons. The first-order valence-electron chi connectivity index (χ1n) is 9.42. The second kappa shape index (κ2) is 9.42. The minimum absolute atomic E-state index is 0.195. The van der Waals surface area contributed by atoms with Gasteiger partial charge in [-0.1, -0.05) is 62.2 Å². The van der Waals surface area contributed by atoms with Gasteiger partial charge in [-0.15, -0.1) is 0 Å². The highest BCUT2D eigenvalue weighted by Crippen LogP contribution is 2.24. The molecule has 1 atom stereocenters. The number of aromatic nitrogens is 2. The molecule has 5 nitrogen and oxygen atoms in total. The molecule has 0 aliphatic carbocycles. The summed E-state index contributed by atoms with van der Waals surface area (Å²) in [6, 6.07) is 17.5. The molecule has 0 aliphatic heterocycles. The number of carbonyl (C=O) groups is 1. The van der Waals surface area contributed by atoms with Crippen molar-refractivity contribution in [3.05, 3.63) is 77.1 Å². The number of ether oxygens (including phenoxy) is 1. The van der Waals surface area contributed by atoms with Crippen LogP contribution in [0.3, 0.4) is 0 Å². The molecule has 1 amide bonds. The number of rotatable bonds is 7.